The first-order valence-corrected chi connectivity index (χ1v) is 4.77. The standard InChI is InChI=1S/C7H4BrF3N2O2/c8-1-3-2-12-5(7(10)11)6(4(3)9)13(14)15/h2,7H,1H2. The summed E-state index contributed by atoms with van der Waals surface area (Å²) in [4.78, 5) is 12.4. The van der Waals surface area contributed by atoms with Crippen molar-refractivity contribution >= 4 is 21.6 Å². The van der Waals surface area contributed by atoms with Gasteiger partial charge in [0.05, 0.1) is 4.92 Å². The Kier molecular flexibility index (Phi) is 3.61. The molecule has 4 nitrogen and oxygen atoms in total. The molecule has 0 aliphatic carbocycles. The predicted molar refractivity (Wildman–Crippen MR) is 48.4 cm³/mol. The molecule has 8 heteroatoms. The zero-order valence-corrected chi connectivity index (χ0v) is 8.67. The van der Waals surface area contributed by atoms with Crippen molar-refractivity contribution in [2.24, 2.45) is 0 Å². The number of halogens is 4. The van der Waals surface area contributed by atoms with Crippen molar-refractivity contribution in [3.05, 3.63) is 33.4 Å². The van der Waals surface area contributed by atoms with E-state index in [0.717, 1.165) is 6.20 Å². The van der Waals surface area contributed by atoms with Crippen molar-refractivity contribution in [3.8, 4) is 0 Å². The third-order valence-electron chi connectivity index (χ3n) is 1.63. The normalized spacial score (nSPS) is 10.7. The number of nitrogens with zero attached hydrogens (tertiary/aromatic N) is 2. The molecule has 15 heavy (non-hydrogen) atoms. The lowest BCUT2D eigenvalue weighted by Crippen LogP contribution is -2.04. The number of pyridine rings is 1. The maximum atomic E-state index is 13.3. The predicted octanol–water partition coefficient (Wildman–Crippen LogP) is 2.96. The summed E-state index contributed by atoms with van der Waals surface area (Å²) in [6.07, 6.45) is -2.33. The van der Waals surface area contributed by atoms with Crippen molar-refractivity contribution in [1.29, 1.82) is 0 Å². The zero-order valence-electron chi connectivity index (χ0n) is 7.08. The van der Waals surface area contributed by atoms with Crippen molar-refractivity contribution < 1.29 is 18.1 Å². The summed E-state index contributed by atoms with van der Waals surface area (Å²) in [5.74, 6) is -1.28. The summed E-state index contributed by atoms with van der Waals surface area (Å²) < 4.78 is 37.8. The Bertz CT molecular complexity index is 400. The fraction of sp³-hybridized carbons (Fsp3) is 0.286. The lowest BCUT2D eigenvalue weighted by Gasteiger charge is -2.04. The molecule has 0 atom stereocenters. The fourth-order valence-corrected chi connectivity index (χ4v) is 1.35. The maximum absolute atomic E-state index is 13.3. The van der Waals surface area contributed by atoms with Gasteiger partial charge in [0.2, 0.25) is 5.82 Å². The second kappa shape index (κ2) is 4.56. The minimum absolute atomic E-state index is 0.0316. The first-order chi connectivity index (χ1) is 6.99. The van der Waals surface area contributed by atoms with Gasteiger partial charge in [-0.2, -0.15) is 4.39 Å². The summed E-state index contributed by atoms with van der Waals surface area (Å²) in [7, 11) is 0. The SMILES string of the molecule is O=[N+]([O-])c1c(C(F)F)ncc(CBr)c1F. The summed E-state index contributed by atoms with van der Waals surface area (Å²) in [5.41, 5.74) is -2.55. The van der Waals surface area contributed by atoms with Crippen LogP contribution >= 0.6 is 15.9 Å². The molecule has 1 aromatic heterocycles. The topological polar surface area (TPSA) is 56.0 Å². The van der Waals surface area contributed by atoms with E-state index >= 15 is 0 Å². The van der Waals surface area contributed by atoms with Crippen LogP contribution in [0.25, 0.3) is 0 Å². The maximum Gasteiger partial charge on any atom is 0.332 e. The summed E-state index contributed by atoms with van der Waals surface area (Å²) >= 11 is 2.86. The number of hydrogen-bond donors (Lipinski definition) is 0. The molecule has 0 aliphatic rings. The molecule has 0 aromatic carbocycles. The van der Waals surface area contributed by atoms with Gasteiger partial charge >= 0.3 is 5.69 Å². The largest absolute Gasteiger partial charge is 0.332 e. The quantitative estimate of drug-likeness (QED) is 0.487. The molecular formula is C7H4BrF3N2O2. The van der Waals surface area contributed by atoms with Gasteiger partial charge in [-0.15, -0.1) is 0 Å². The average molecular weight is 285 g/mol. The van der Waals surface area contributed by atoms with E-state index in [0.29, 0.717) is 0 Å². The van der Waals surface area contributed by atoms with Crippen LogP contribution in [0.3, 0.4) is 0 Å². The van der Waals surface area contributed by atoms with Crippen LogP contribution in [0.2, 0.25) is 0 Å². The third-order valence-corrected chi connectivity index (χ3v) is 2.23. The summed E-state index contributed by atoms with van der Waals surface area (Å²) in [6.45, 7) is 0. The van der Waals surface area contributed by atoms with Crippen molar-refractivity contribution in [1.82, 2.24) is 4.98 Å². The Balaban J connectivity index is 3.44. The number of nitro groups is 1. The molecule has 0 amide bonds. The highest BCUT2D eigenvalue weighted by atomic mass is 79.9. The molecule has 0 saturated carbocycles. The highest BCUT2D eigenvalue weighted by molar-refractivity contribution is 9.08. The van der Waals surface area contributed by atoms with Crippen LogP contribution in [-0.4, -0.2) is 9.91 Å². The number of alkyl halides is 3. The molecule has 0 saturated heterocycles. The highest BCUT2D eigenvalue weighted by Gasteiger charge is 2.29. The Labute approximate surface area is 90.4 Å². The molecule has 0 spiro atoms. The van der Waals surface area contributed by atoms with Crippen LogP contribution in [0.5, 0.6) is 0 Å². The molecule has 0 radical (unpaired) electrons. The van der Waals surface area contributed by atoms with E-state index < -0.39 is 28.5 Å². The van der Waals surface area contributed by atoms with Crippen LogP contribution in [0.4, 0.5) is 18.9 Å². The van der Waals surface area contributed by atoms with Gasteiger partial charge < -0.3 is 0 Å². The zero-order chi connectivity index (χ0) is 11.6. The fourth-order valence-electron chi connectivity index (χ4n) is 0.956. The van der Waals surface area contributed by atoms with Gasteiger partial charge in [0.15, 0.2) is 5.69 Å². The number of hydrogen-bond acceptors (Lipinski definition) is 3. The van der Waals surface area contributed by atoms with Gasteiger partial charge in [0, 0.05) is 17.1 Å². The van der Waals surface area contributed by atoms with Gasteiger partial charge in [-0.1, -0.05) is 15.9 Å². The lowest BCUT2D eigenvalue weighted by atomic mass is 10.2. The van der Waals surface area contributed by atoms with Crippen molar-refractivity contribution in [3.63, 3.8) is 0 Å². The first kappa shape index (κ1) is 11.9. The summed E-state index contributed by atoms with van der Waals surface area (Å²) in [6, 6.07) is 0. The summed E-state index contributed by atoms with van der Waals surface area (Å²) in [5, 5.41) is 10.4. The Hall–Kier alpha value is -1.18. The number of aromatic nitrogens is 1. The van der Waals surface area contributed by atoms with Crippen molar-refractivity contribution in [2.75, 3.05) is 0 Å². The Morgan fingerprint density at radius 1 is 1.60 bits per heavy atom. The van der Waals surface area contributed by atoms with Crippen molar-refractivity contribution in [2.45, 2.75) is 11.8 Å². The van der Waals surface area contributed by atoms with E-state index in [4.69, 9.17) is 0 Å². The van der Waals surface area contributed by atoms with Crippen LogP contribution in [0, 0.1) is 15.9 Å². The van der Waals surface area contributed by atoms with E-state index in [2.05, 4.69) is 20.9 Å². The van der Waals surface area contributed by atoms with Crippen LogP contribution in [0.15, 0.2) is 6.20 Å². The molecule has 0 fully saturated rings. The molecule has 82 valence electrons. The van der Waals surface area contributed by atoms with E-state index in [1.807, 2.05) is 0 Å². The second-order valence-electron chi connectivity index (χ2n) is 2.52. The molecule has 1 rings (SSSR count). The lowest BCUT2D eigenvalue weighted by molar-refractivity contribution is -0.389. The minimum atomic E-state index is -3.18. The molecular weight excluding hydrogens is 281 g/mol. The second-order valence-corrected chi connectivity index (χ2v) is 3.08. The molecule has 0 bridgehead atoms. The monoisotopic (exact) mass is 284 g/mol. The van der Waals surface area contributed by atoms with E-state index in [1.54, 1.807) is 0 Å². The van der Waals surface area contributed by atoms with Crippen LogP contribution in [-0.2, 0) is 5.33 Å². The number of rotatable bonds is 3. The average Bonchev–Trinajstić information content (AvgIpc) is 2.16. The van der Waals surface area contributed by atoms with Crippen LogP contribution in [0.1, 0.15) is 17.7 Å². The molecule has 0 N–H and O–H groups in total. The molecule has 1 heterocycles. The van der Waals surface area contributed by atoms with E-state index in [9.17, 15) is 23.3 Å². The Morgan fingerprint density at radius 3 is 2.60 bits per heavy atom. The van der Waals surface area contributed by atoms with E-state index in [1.165, 1.54) is 0 Å². The van der Waals surface area contributed by atoms with Gasteiger partial charge in [-0.25, -0.2) is 13.8 Å². The van der Waals surface area contributed by atoms with Gasteiger partial charge in [0.1, 0.15) is 0 Å². The molecule has 1 aromatic rings. The highest BCUT2D eigenvalue weighted by Crippen LogP contribution is 2.31. The molecule has 0 aliphatic heterocycles. The van der Waals surface area contributed by atoms with Gasteiger partial charge in [-0.3, -0.25) is 10.1 Å². The van der Waals surface area contributed by atoms with Gasteiger partial charge in [-0.05, 0) is 0 Å². The van der Waals surface area contributed by atoms with E-state index in [-0.39, 0.29) is 10.9 Å². The van der Waals surface area contributed by atoms with Gasteiger partial charge in [0.25, 0.3) is 6.43 Å². The minimum Gasteiger partial charge on any atom is -0.258 e. The first-order valence-electron chi connectivity index (χ1n) is 3.64. The third kappa shape index (κ3) is 2.25. The smallest absolute Gasteiger partial charge is 0.258 e. The molecule has 0 unspecified atom stereocenters. The Morgan fingerprint density at radius 2 is 2.20 bits per heavy atom. The van der Waals surface area contributed by atoms with Crippen LogP contribution < -0.4 is 0 Å².